The molecule has 0 spiro atoms. The second kappa shape index (κ2) is 5.83. The molecule has 98 valence electrons. The molecule has 17 heavy (non-hydrogen) atoms. The van der Waals surface area contributed by atoms with Crippen molar-refractivity contribution in [2.24, 2.45) is 0 Å². The van der Waals surface area contributed by atoms with Crippen LogP contribution in [0.3, 0.4) is 0 Å². The van der Waals surface area contributed by atoms with Gasteiger partial charge >= 0.3 is 0 Å². The molecule has 2 aliphatic heterocycles. The Kier molecular flexibility index (Phi) is 4.40. The standard InChI is InChI=1S/C13H24N2O2/c1-10(16)12-7-3-5-9-15(12)13(17)11-6-2-4-8-14-11/h10-12,14,16H,2-9H2,1H3/t10-,11+,12-/m0/s1. The highest BCUT2D eigenvalue weighted by molar-refractivity contribution is 5.82. The lowest BCUT2D eigenvalue weighted by molar-refractivity contribution is -0.140. The number of carbonyl (C=O) groups is 1. The van der Waals surface area contributed by atoms with Gasteiger partial charge in [0.1, 0.15) is 0 Å². The number of hydrogen-bond donors (Lipinski definition) is 2. The summed E-state index contributed by atoms with van der Waals surface area (Å²) in [5.41, 5.74) is 0. The van der Waals surface area contributed by atoms with Crippen molar-refractivity contribution in [3.63, 3.8) is 0 Å². The lowest BCUT2D eigenvalue weighted by Gasteiger charge is -2.40. The van der Waals surface area contributed by atoms with Crippen LogP contribution in [0.15, 0.2) is 0 Å². The van der Waals surface area contributed by atoms with Crippen molar-refractivity contribution in [3.05, 3.63) is 0 Å². The number of aliphatic hydroxyl groups is 1. The van der Waals surface area contributed by atoms with Gasteiger partial charge in [0.25, 0.3) is 0 Å². The molecule has 3 atom stereocenters. The third-order valence-corrected chi connectivity index (χ3v) is 4.00. The molecule has 2 fully saturated rings. The van der Waals surface area contributed by atoms with E-state index >= 15 is 0 Å². The first kappa shape index (κ1) is 12.8. The highest BCUT2D eigenvalue weighted by atomic mass is 16.3. The maximum absolute atomic E-state index is 12.4. The van der Waals surface area contributed by atoms with Gasteiger partial charge in [-0.15, -0.1) is 0 Å². The SMILES string of the molecule is C[C@H](O)[C@@H]1CCCCN1C(=O)[C@H]1CCCCN1. The van der Waals surface area contributed by atoms with E-state index in [1.54, 1.807) is 6.92 Å². The Morgan fingerprint density at radius 1 is 1.29 bits per heavy atom. The quantitative estimate of drug-likeness (QED) is 0.753. The second-order valence-corrected chi connectivity index (χ2v) is 5.34. The predicted molar refractivity (Wildman–Crippen MR) is 66.7 cm³/mol. The summed E-state index contributed by atoms with van der Waals surface area (Å²) in [6, 6.07) is 0.0167. The Hall–Kier alpha value is -0.610. The predicted octanol–water partition coefficient (Wildman–Crippen LogP) is 0.890. The van der Waals surface area contributed by atoms with Gasteiger partial charge in [-0.3, -0.25) is 4.79 Å². The van der Waals surface area contributed by atoms with E-state index in [0.29, 0.717) is 0 Å². The monoisotopic (exact) mass is 240 g/mol. The van der Waals surface area contributed by atoms with Crippen LogP contribution in [-0.4, -0.2) is 47.2 Å². The summed E-state index contributed by atoms with van der Waals surface area (Å²) < 4.78 is 0. The van der Waals surface area contributed by atoms with E-state index in [2.05, 4.69) is 5.32 Å². The molecular weight excluding hydrogens is 216 g/mol. The minimum Gasteiger partial charge on any atom is -0.391 e. The Labute approximate surface area is 103 Å². The Balaban J connectivity index is 1.99. The molecule has 2 saturated heterocycles. The maximum atomic E-state index is 12.4. The van der Waals surface area contributed by atoms with Gasteiger partial charge in [0, 0.05) is 6.54 Å². The molecule has 4 heteroatoms. The van der Waals surface area contributed by atoms with Crippen LogP contribution in [-0.2, 0) is 4.79 Å². The van der Waals surface area contributed by atoms with Crippen molar-refractivity contribution in [2.45, 2.75) is 63.6 Å². The summed E-state index contributed by atoms with van der Waals surface area (Å²) in [4.78, 5) is 14.3. The number of hydrogen-bond acceptors (Lipinski definition) is 3. The van der Waals surface area contributed by atoms with Crippen molar-refractivity contribution in [1.29, 1.82) is 0 Å². The summed E-state index contributed by atoms with van der Waals surface area (Å²) >= 11 is 0. The van der Waals surface area contributed by atoms with Gasteiger partial charge in [-0.05, 0) is 45.6 Å². The van der Waals surface area contributed by atoms with Gasteiger partial charge < -0.3 is 15.3 Å². The van der Waals surface area contributed by atoms with Crippen LogP contribution in [0.5, 0.6) is 0 Å². The van der Waals surface area contributed by atoms with E-state index < -0.39 is 6.10 Å². The van der Waals surface area contributed by atoms with E-state index in [0.717, 1.165) is 45.2 Å². The second-order valence-electron chi connectivity index (χ2n) is 5.34. The fourth-order valence-electron chi connectivity index (χ4n) is 3.00. The van der Waals surface area contributed by atoms with E-state index in [1.165, 1.54) is 6.42 Å². The van der Waals surface area contributed by atoms with Crippen molar-refractivity contribution in [3.8, 4) is 0 Å². The van der Waals surface area contributed by atoms with Gasteiger partial charge in [0.15, 0.2) is 0 Å². The topological polar surface area (TPSA) is 52.6 Å². The van der Waals surface area contributed by atoms with Crippen LogP contribution >= 0.6 is 0 Å². The molecule has 0 saturated carbocycles. The maximum Gasteiger partial charge on any atom is 0.240 e. The lowest BCUT2D eigenvalue weighted by atomic mass is 9.95. The molecule has 0 aromatic rings. The van der Waals surface area contributed by atoms with Gasteiger partial charge in [0.05, 0.1) is 18.2 Å². The minimum atomic E-state index is -0.414. The van der Waals surface area contributed by atoms with E-state index in [1.807, 2.05) is 4.90 Å². The smallest absolute Gasteiger partial charge is 0.240 e. The molecule has 0 aromatic carbocycles. The van der Waals surface area contributed by atoms with E-state index in [-0.39, 0.29) is 18.0 Å². The molecular formula is C13H24N2O2. The highest BCUT2D eigenvalue weighted by Crippen LogP contribution is 2.22. The van der Waals surface area contributed by atoms with Crippen molar-refractivity contribution in [1.82, 2.24) is 10.2 Å². The van der Waals surface area contributed by atoms with Crippen LogP contribution in [0.2, 0.25) is 0 Å². The molecule has 0 aliphatic carbocycles. The van der Waals surface area contributed by atoms with Crippen LogP contribution < -0.4 is 5.32 Å². The summed E-state index contributed by atoms with van der Waals surface area (Å²) in [6.07, 6.45) is 5.97. The van der Waals surface area contributed by atoms with Crippen molar-refractivity contribution < 1.29 is 9.90 Å². The molecule has 0 radical (unpaired) electrons. The molecule has 2 rings (SSSR count). The average Bonchev–Trinajstić information content (AvgIpc) is 2.39. The highest BCUT2D eigenvalue weighted by Gasteiger charge is 2.33. The molecule has 0 unspecified atom stereocenters. The van der Waals surface area contributed by atoms with Crippen LogP contribution in [0.25, 0.3) is 0 Å². The Morgan fingerprint density at radius 2 is 2.06 bits per heavy atom. The number of amides is 1. The van der Waals surface area contributed by atoms with Crippen LogP contribution in [0.1, 0.15) is 45.4 Å². The van der Waals surface area contributed by atoms with Gasteiger partial charge in [0.2, 0.25) is 5.91 Å². The molecule has 2 N–H and O–H groups in total. The molecule has 1 amide bonds. The van der Waals surface area contributed by atoms with Crippen LogP contribution in [0.4, 0.5) is 0 Å². The molecule has 0 aromatic heterocycles. The Morgan fingerprint density at radius 3 is 2.71 bits per heavy atom. The van der Waals surface area contributed by atoms with Crippen molar-refractivity contribution >= 4 is 5.91 Å². The first-order valence-electron chi connectivity index (χ1n) is 6.92. The number of piperidine rings is 2. The number of nitrogens with zero attached hydrogens (tertiary/aromatic N) is 1. The minimum absolute atomic E-state index is 0.0110. The zero-order valence-electron chi connectivity index (χ0n) is 10.7. The number of nitrogens with one attached hydrogen (secondary N) is 1. The summed E-state index contributed by atoms with van der Waals surface area (Å²) in [6.45, 7) is 3.56. The Bertz CT molecular complexity index is 262. The zero-order valence-corrected chi connectivity index (χ0v) is 10.7. The average molecular weight is 240 g/mol. The zero-order chi connectivity index (χ0) is 12.3. The molecule has 2 heterocycles. The van der Waals surface area contributed by atoms with Gasteiger partial charge in [-0.2, -0.15) is 0 Å². The fraction of sp³-hybridized carbons (Fsp3) is 0.923. The van der Waals surface area contributed by atoms with E-state index in [4.69, 9.17) is 0 Å². The molecule has 0 bridgehead atoms. The summed E-state index contributed by atoms with van der Waals surface area (Å²) in [7, 11) is 0. The van der Waals surface area contributed by atoms with Gasteiger partial charge in [-0.25, -0.2) is 0 Å². The molecule has 4 nitrogen and oxygen atoms in total. The third-order valence-electron chi connectivity index (χ3n) is 4.00. The van der Waals surface area contributed by atoms with Gasteiger partial charge in [-0.1, -0.05) is 6.42 Å². The first-order chi connectivity index (χ1) is 8.20. The van der Waals surface area contributed by atoms with Crippen LogP contribution in [0, 0.1) is 0 Å². The third kappa shape index (κ3) is 2.99. The number of likely N-dealkylation sites (tertiary alicyclic amines) is 1. The van der Waals surface area contributed by atoms with E-state index in [9.17, 15) is 9.90 Å². The lowest BCUT2D eigenvalue weighted by Crippen LogP contribution is -2.56. The first-order valence-corrected chi connectivity index (χ1v) is 6.92. The number of rotatable bonds is 2. The fourth-order valence-corrected chi connectivity index (χ4v) is 3.00. The number of carbonyl (C=O) groups excluding carboxylic acids is 1. The normalized spacial score (nSPS) is 32.2. The number of aliphatic hydroxyl groups excluding tert-OH is 1. The summed E-state index contributed by atoms with van der Waals surface area (Å²) in [5.74, 6) is 0.204. The summed E-state index contributed by atoms with van der Waals surface area (Å²) in [5, 5.41) is 13.1. The largest absolute Gasteiger partial charge is 0.391 e. The van der Waals surface area contributed by atoms with Crippen molar-refractivity contribution in [2.75, 3.05) is 13.1 Å². The molecule has 2 aliphatic rings.